The van der Waals surface area contributed by atoms with Crippen LogP contribution in [0.4, 0.5) is 0 Å². The van der Waals surface area contributed by atoms with Gasteiger partial charge >= 0.3 is 0 Å². The van der Waals surface area contributed by atoms with Gasteiger partial charge in [0.1, 0.15) is 5.75 Å². The molecule has 4 nitrogen and oxygen atoms in total. The Bertz CT molecular complexity index is 400. The van der Waals surface area contributed by atoms with Crippen LogP contribution in [0.2, 0.25) is 0 Å². The predicted octanol–water partition coefficient (Wildman–Crippen LogP) is 2.10. The van der Waals surface area contributed by atoms with Crippen LogP contribution >= 0.6 is 0 Å². The predicted molar refractivity (Wildman–Crippen MR) is 79.8 cm³/mol. The van der Waals surface area contributed by atoms with Crippen LogP contribution in [0, 0.1) is 0 Å². The maximum absolute atomic E-state index is 11.8. The van der Waals surface area contributed by atoms with Gasteiger partial charge in [0.05, 0.1) is 0 Å². The van der Waals surface area contributed by atoms with Gasteiger partial charge in [-0.15, -0.1) is 0 Å². The second kappa shape index (κ2) is 7.90. The van der Waals surface area contributed by atoms with Crippen molar-refractivity contribution in [3.63, 3.8) is 0 Å². The summed E-state index contributed by atoms with van der Waals surface area (Å²) >= 11 is 0. The van der Waals surface area contributed by atoms with Crippen LogP contribution < -0.4 is 15.4 Å². The molecule has 20 heavy (non-hydrogen) atoms. The minimum absolute atomic E-state index is 0.0271. The molecule has 1 aliphatic carbocycles. The van der Waals surface area contributed by atoms with E-state index in [0.29, 0.717) is 12.1 Å². The summed E-state index contributed by atoms with van der Waals surface area (Å²) in [5, 5.41) is 6.53. The molecule has 0 bridgehead atoms. The molecule has 1 amide bonds. The molecule has 0 atom stereocenters. The molecule has 0 radical (unpaired) electrons. The van der Waals surface area contributed by atoms with Crippen molar-refractivity contribution in [3.8, 4) is 5.75 Å². The molecule has 0 heterocycles. The maximum Gasteiger partial charge on any atom is 0.258 e. The summed E-state index contributed by atoms with van der Waals surface area (Å²) < 4.78 is 5.44. The van der Waals surface area contributed by atoms with Crippen LogP contribution in [0.5, 0.6) is 5.75 Å². The fraction of sp³-hybridized carbons (Fsp3) is 0.562. The highest BCUT2D eigenvalue weighted by Crippen LogP contribution is 2.18. The molecule has 1 fully saturated rings. The number of carbonyl (C=O) groups excluding carboxylic acids is 1. The van der Waals surface area contributed by atoms with E-state index in [1.807, 2.05) is 30.3 Å². The zero-order valence-electron chi connectivity index (χ0n) is 12.1. The Balaban J connectivity index is 1.65. The molecule has 1 aliphatic rings. The first-order chi connectivity index (χ1) is 9.78. The topological polar surface area (TPSA) is 50.4 Å². The van der Waals surface area contributed by atoms with Crippen molar-refractivity contribution < 1.29 is 9.53 Å². The number of nitrogens with one attached hydrogen (secondary N) is 2. The lowest BCUT2D eigenvalue weighted by Gasteiger charge is -2.29. The van der Waals surface area contributed by atoms with Gasteiger partial charge in [-0.05, 0) is 44.4 Å². The monoisotopic (exact) mass is 276 g/mol. The molecule has 4 heteroatoms. The van der Waals surface area contributed by atoms with Crippen molar-refractivity contribution in [1.82, 2.24) is 10.6 Å². The average Bonchev–Trinajstić information content (AvgIpc) is 2.49. The number of benzene rings is 1. The molecular formula is C16H24N2O2. The number of carbonyl (C=O) groups is 1. The zero-order chi connectivity index (χ0) is 14.2. The Kier molecular flexibility index (Phi) is 5.87. The Morgan fingerprint density at radius 3 is 2.45 bits per heavy atom. The van der Waals surface area contributed by atoms with Crippen molar-refractivity contribution in [3.05, 3.63) is 30.3 Å². The molecule has 0 spiro atoms. The lowest BCUT2D eigenvalue weighted by atomic mass is 9.91. The minimum atomic E-state index is -0.0271. The van der Waals surface area contributed by atoms with Crippen molar-refractivity contribution in [2.75, 3.05) is 13.2 Å². The zero-order valence-corrected chi connectivity index (χ0v) is 12.1. The molecular weight excluding hydrogens is 252 g/mol. The van der Waals surface area contributed by atoms with E-state index in [1.165, 1.54) is 0 Å². The summed E-state index contributed by atoms with van der Waals surface area (Å²) in [6.45, 7) is 3.25. The molecule has 0 aliphatic heterocycles. The van der Waals surface area contributed by atoms with Crippen LogP contribution in [0.25, 0.3) is 0 Å². The molecule has 0 unspecified atom stereocenters. The van der Waals surface area contributed by atoms with E-state index in [1.54, 1.807) is 0 Å². The van der Waals surface area contributed by atoms with Crippen LogP contribution in [-0.4, -0.2) is 31.1 Å². The lowest BCUT2D eigenvalue weighted by molar-refractivity contribution is -0.124. The van der Waals surface area contributed by atoms with Gasteiger partial charge < -0.3 is 15.4 Å². The van der Waals surface area contributed by atoms with Gasteiger partial charge in [-0.2, -0.15) is 0 Å². The molecule has 0 saturated heterocycles. The van der Waals surface area contributed by atoms with Gasteiger partial charge in [0.2, 0.25) is 0 Å². The summed E-state index contributed by atoms with van der Waals surface area (Å²) in [5.41, 5.74) is 0. The standard InChI is InChI=1S/C16H24N2O2/c1-2-17-13-8-10-14(11-9-13)18-16(19)12-20-15-6-4-3-5-7-15/h3-7,13-14,17H,2,8-12H2,1H3,(H,18,19). The highest BCUT2D eigenvalue weighted by molar-refractivity contribution is 5.77. The second-order valence-corrected chi connectivity index (χ2v) is 5.28. The third-order valence-electron chi connectivity index (χ3n) is 3.70. The molecule has 0 aromatic heterocycles. The average molecular weight is 276 g/mol. The van der Waals surface area contributed by atoms with Gasteiger partial charge in [-0.3, -0.25) is 4.79 Å². The molecule has 110 valence electrons. The van der Waals surface area contributed by atoms with Crippen molar-refractivity contribution in [1.29, 1.82) is 0 Å². The first-order valence-electron chi connectivity index (χ1n) is 7.48. The molecule has 1 aromatic rings. The van der Waals surface area contributed by atoms with Gasteiger partial charge in [0, 0.05) is 12.1 Å². The van der Waals surface area contributed by atoms with Crippen LogP contribution in [0.1, 0.15) is 32.6 Å². The fourth-order valence-corrected chi connectivity index (χ4v) is 2.67. The maximum atomic E-state index is 11.8. The number of ether oxygens (including phenoxy) is 1. The molecule has 2 rings (SSSR count). The Labute approximate surface area is 120 Å². The highest BCUT2D eigenvalue weighted by atomic mass is 16.5. The summed E-state index contributed by atoms with van der Waals surface area (Å²) in [4.78, 5) is 11.8. The largest absolute Gasteiger partial charge is 0.484 e. The van der Waals surface area contributed by atoms with E-state index in [-0.39, 0.29) is 12.5 Å². The summed E-state index contributed by atoms with van der Waals surface area (Å²) in [7, 11) is 0. The smallest absolute Gasteiger partial charge is 0.258 e. The fourth-order valence-electron chi connectivity index (χ4n) is 2.67. The first-order valence-corrected chi connectivity index (χ1v) is 7.48. The van der Waals surface area contributed by atoms with Crippen molar-refractivity contribution in [2.45, 2.75) is 44.7 Å². The normalized spacial score (nSPS) is 22.2. The lowest BCUT2D eigenvalue weighted by Crippen LogP contribution is -2.43. The van der Waals surface area contributed by atoms with E-state index in [4.69, 9.17) is 4.74 Å². The van der Waals surface area contributed by atoms with Gasteiger partial charge in [0.15, 0.2) is 6.61 Å². The SMILES string of the molecule is CCNC1CCC(NC(=O)COc2ccccc2)CC1. The van der Waals surface area contributed by atoms with Gasteiger partial charge in [-0.25, -0.2) is 0 Å². The van der Waals surface area contributed by atoms with E-state index < -0.39 is 0 Å². The first kappa shape index (κ1) is 14.9. The Morgan fingerprint density at radius 1 is 1.15 bits per heavy atom. The van der Waals surface area contributed by atoms with Gasteiger partial charge in [-0.1, -0.05) is 25.1 Å². The van der Waals surface area contributed by atoms with Crippen molar-refractivity contribution in [2.24, 2.45) is 0 Å². The number of amides is 1. The summed E-state index contributed by atoms with van der Waals surface area (Å²) in [5.74, 6) is 0.708. The summed E-state index contributed by atoms with van der Waals surface area (Å²) in [6.07, 6.45) is 4.38. The van der Waals surface area contributed by atoms with Crippen molar-refractivity contribution >= 4 is 5.91 Å². The minimum Gasteiger partial charge on any atom is -0.484 e. The number of rotatable bonds is 6. The van der Waals surface area contributed by atoms with E-state index in [9.17, 15) is 4.79 Å². The van der Waals surface area contributed by atoms with E-state index >= 15 is 0 Å². The van der Waals surface area contributed by atoms with E-state index in [0.717, 1.165) is 38.0 Å². The third kappa shape index (κ3) is 4.85. The quantitative estimate of drug-likeness (QED) is 0.836. The summed E-state index contributed by atoms with van der Waals surface area (Å²) in [6, 6.07) is 10.4. The number of hydrogen-bond donors (Lipinski definition) is 2. The molecule has 1 aromatic carbocycles. The Hall–Kier alpha value is -1.55. The number of para-hydroxylation sites is 1. The highest BCUT2D eigenvalue weighted by Gasteiger charge is 2.21. The Morgan fingerprint density at radius 2 is 1.80 bits per heavy atom. The van der Waals surface area contributed by atoms with E-state index in [2.05, 4.69) is 17.6 Å². The van der Waals surface area contributed by atoms with Crippen LogP contribution in [0.15, 0.2) is 30.3 Å². The number of hydrogen-bond acceptors (Lipinski definition) is 3. The van der Waals surface area contributed by atoms with Gasteiger partial charge in [0.25, 0.3) is 5.91 Å². The second-order valence-electron chi connectivity index (χ2n) is 5.28. The molecule has 2 N–H and O–H groups in total. The third-order valence-corrected chi connectivity index (χ3v) is 3.70. The van der Waals surface area contributed by atoms with Crippen LogP contribution in [-0.2, 0) is 4.79 Å². The molecule has 1 saturated carbocycles. The van der Waals surface area contributed by atoms with Crippen LogP contribution in [0.3, 0.4) is 0 Å².